The van der Waals surface area contributed by atoms with Gasteiger partial charge in [0.05, 0.1) is 10.8 Å². The molecule has 0 heterocycles. The van der Waals surface area contributed by atoms with Crippen molar-refractivity contribution in [1.29, 1.82) is 0 Å². The summed E-state index contributed by atoms with van der Waals surface area (Å²) in [5, 5.41) is 9.52. The second-order valence-corrected chi connectivity index (χ2v) is 32.9. The highest BCUT2D eigenvalue weighted by Gasteiger charge is 2.74. The molecule has 0 spiro atoms. The molecule has 10 rings (SSSR count). The maximum Gasteiger partial charge on any atom is 0.239 e. The summed E-state index contributed by atoms with van der Waals surface area (Å²) < 4.78 is 0. The van der Waals surface area contributed by atoms with Crippen LogP contribution < -0.4 is 21.7 Å². The van der Waals surface area contributed by atoms with Crippen LogP contribution in [0.25, 0.3) is 0 Å². The first kappa shape index (κ1) is 57.7. The van der Waals surface area contributed by atoms with E-state index in [0.717, 1.165) is 87.9 Å². The van der Waals surface area contributed by atoms with Crippen LogP contribution in [0.15, 0.2) is 24.3 Å². The van der Waals surface area contributed by atoms with E-state index in [1.807, 2.05) is 0 Å². The lowest BCUT2D eigenvalue weighted by molar-refractivity contribution is -0.240. The van der Waals surface area contributed by atoms with Gasteiger partial charge in [-0.05, 0) is 264 Å². The van der Waals surface area contributed by atoms with E-state index in [0.29, 0.717) is 51.2 Å². The molecule has 22 atom stereocenters. The van der Waals surface area contributed by atoms with Gasteiger partial charge in [0.2, 0.25) is 17.7 Å². The van der Waals surface area contributed by atoms with Crippen LogP contribution in [-0.4, -0.2) is 48.7 Å². The molecule has 5 N–H and O–H groups in total. The Labute approximate surface area is 469 Å². The minimum atomic E-state index is -1.05. The summed E-state index contributed by atoms with van der Waals surface area (Å²) in [5.74, 6) is 5.54. The molecule has 77 heavy (non-hydrogen) atoms. The average Bonchev–Trinajstić information content (AvgIpc) is 3.97. The van der Waals surface area contributed by atoms with Gasteiger partial charge in [0.25, 0.3) is 0 Å². The molecule has 0 radical (unpaired) electrons. The second kappa shape index (κ2) is 19.0. The summed E-state index contributed by atoms with van der Waals surface area (Å²) in [6.45, 7) is 46.2. The number of hydrogen-bond acceptors (Lipinski definition) is 5. The van der Waals surface area contributed by atoms with Gasteiger partial charge in [-0.25, -0.2) is 0 Å². The maximum atomic E-state index is 15.1. The summed E-state index contributed by atoms with van der Waals surface area (Å²) in [4.78, 5) is 57.7. The summed E-state index contributed by atoms with van der Waals surface area (Å²) >= 11 is 0. The number of amides is 3. The Hall–Kier alpha value is -2.48. The molecule has 0 aromatic heterocycles. The lowest BCUT2D eigenvalue weighted by Crippen LogP contribution is -2.67. The fraction of sp³-hybridized carbons (Fsp3) is 0.884. The molecule has 0 bridgehead atoms. The van der Waals surface area contributed by atoms with Crippen LogP contribution in [0.5, 0.6) is 0 Å². The van der Waals surface area contributed by atoms with Gasteiger partial charge in [-0.2, -0.15) is 0 Å². The highest BCUT2D eigenvalue weighted by molar-refractivity contribution is 5.91. The zero-order valence-electron chi connectivity index (χ0n) is 51.8. The number of Topliss-reactive ketones (excluding diaryl/α,β-unsaturated/α-hetero) is 1. The third kappa shape index (κ3) is 7.95. The minimum Gasteiger partial charge on any atom is -0.354 e. The number of nitrogens with two attached hydrogens (primary N) is 1. The number of allylic oxidation sites excluding steroid dienone is 2. The molecule has 432 valence electrons. The molecule has 0 aromatic carbocycles. The van der Waals surface area contributed by atoms with Gasteiger partial charge in [-0.15, -0.1) is 0 Å². The Morgan fingerprint density at radius 1 is 0.481 bits per heavy atom. The van der Waals surface area contributed by atoms with Gasteiger partial charge in [-0.1, -0.05) is 107 Å². The summed E-state index contributed by atoms with van der Waals surface area (Å²) in [6, 6.07) is -1.97. The highest BCUT2D eigenvalue weighted by atomic mass is 16.2. The number of carbonyl (C=O) groups is 4. The van der Waals surface area contributed by atoms with Gasteiger partial charge in [-0.3, -0.25) is 19.2 Å². The Bertz CT molecular complexity index is 2410. The minimum absolute atomic E-state index is 0.00670. The quantitative estimate of drug-likeness (QED) is 0.153. The summed E-state index contributed by atoms with van der Waals surface area (Å²) in [7, 11) is 0. The third-order valence-electron chi connectivity index (χ3n) is 30.2. The zero-order chi connectivity index (χ0) is 56.2. The highest BCUT2D eigenvalue weighted by Crippen LogP contribution is 2.80. The molecule has 0 aromatic rings. The molecular weight excluding hydrogens is 949 g/mol. The number of ketones is 1. The Kier molecular flexibility index (Phi) is 14.3. The maximum absolute atomic E-state index is 15.1. The Morgan fingerprint density at radius 2 is 0.883 bits per heavy atom. The predicted molar refractivity (Wildman–Crippen MR) is 313 cm³/mol. The van der Waals surface area contributed by atoms with E-state index in [1.54, 1.807) is 0 Å². The van der Waals surface area contributed by atoms with E-state index >= 15 is 9.59 Å². The van der Waals surface area contributed by atoms with Crippen molar-refractivity contribution >= 4 is 23.5 Å². The number of hydrogen-bond donors (Lipinski definition) is 4. The smallest absolute Gasteiger partial charge is 0.239 e. The summed E-state index contributed by atoms with van der Waals surface area (Å²) in [6.07, 6.45) is 22.6. The molecule has 10 saturated carbocycles. The molecule has 10 aliphatic rings. The van der Waals surface area contributed by atoms with Crippen LogP contribution in [-0.2, 0) is 19.2 Å². The fourth-order valence-electron chi connectivity index (χ4n) is 24.8. The van der Waals surface area contributed by atoms with Crippen LogP contribution in [0.4, 0.5) is 0 Å². The Balaban J connectivity index is 0.800. The fourth-order valence-corrected chi connectivity index (χ4v) is 24.8. The summed E-state index contributed by atoms with van der Waals surface area (Å²) in [5.41, 5.74) is 10.0. The van der Waals surface area contributed by atoms with Crippen molar-refractivity contribution in [2.45, 2.75) is 244 Å². The number of rotatable bonds is 11. The van der Waals surface area contributed by atoms with Crippen LogP contribution in [0.2, 0.25) is 0 Å². The molecule has 0 saturated heterocycles. The zero-order valence-corrected chi connectivity index (χ0v) is 51.8. The van der Waals surface area contributed by atoms with Crippen molar-refractivity contribution in [3.05, 3.63) is 24.3 Å². The van der Waals surface area contributed by atoms with Gasteiger partial charge in [0.15, 0.2) is 5.78 Å². The van der Waals surface area contributed by atoms with Crippen molar-refractivity contribution in [3.8, 4) is 0 Å². The first-order valence-electron chi connectivity index (χ1n) is 32.2. The van der Waals surface area contributed by atoms with Crippen molar-refractivity contribution in [2.75, 3.05) is 13.1 Å². The SMILES string of the molecule is C=C(C)C1CCC2(C(=O)NCC(N)C(=O)NC(CNC(=O)C34CCC(C(=C)C)C3C3CCC5C6(C)CCC(C)C(C)(C)C6CCC5(C)C3(C)CC4)C(C)=O)CCC3(C)C(CCC4C5(C)CCC(C)C(C)(C)C5CCC43C)C12. The molecule has 10 fully saturated rings. The van der Waals surface area contributed by atoms with Gasteiger partial charge in [0, 0.05) is 13.1 Å². The second-order valence-electron chi connectivity index (χ2n) is 32.9. The van der Waals surface area contributed by atoms with Crippen molar-refractivity contribution in [1.82, 2.24) is 16.0 Å². The third-order valence-corrected chi connectivity index (χ3v) is 30.2. The van der Waals surface area contributed by atoms with E-state index < -0.39 is 28.8 Å². The molecule has 0 aliphatic heterocycles. The number of carbonyl (C=O) groups excluding carboxylic acids is 4. The lowest BCUT2D eigenvalue weighted by Gasteiger charge is -2.73. The van der Waals surface area contributed by atoms with Crippen molar-refractivity contribution < 1.29 is 19.2 Å². The van der Waals surface area contributed by atoms with Crippen LogP contribution >= 0.6 is 0 Å². The van der Waals surface area contributed by atoms with Gasteiger partial charge >= 0.3 is 0 Å². The van der Waals surface area contributed by atoms with E-state index in [1.165, 1.54) is 82.3 Å². The first-order valence-corrected chi connectivity index (χ1v) is 32.2. The molecule has 10 aliphatic carbocycles. The van der Waals surface area contributed by atoms with E-state index in [4.69, 9.17) is 5.73 Å². The predicted octanol–water partition coefficient (Wildman–Crippen LogP) is 14.2. The number of nitrogens with one attached hydrogen (secondary N) is 3. The molecular formula is C69H112N4O4. The van der Waals surface area contributed by atoms with Crippen LogP contribution in [0.1, 0.15) is 232 Å². The largest absolute Gasteiger partial charge is 0.354 e. The molecule has 8 nitrogen and oxygen atoms in total. The standard InChI is InChI=1S/C69H112N4O4/c1-40(2)45-24-32-68(36-34-64(14)47(55(45)68)18-20-53-62(12)28-22-42(5)60(8,9)51(62)26-30-66(53,64)16)58(76)71-38-49(70)57(75)73-50(44(7)74)39-72-59(77)69-33-25-46(41(3)4)56(69)48-19-21-54-63(13)29-23-43(6)61(10,11)52(63)27-31-67(54,17)65(48,15)35-37-69/h42-43,45-56H,1,3,18-39,70H2,2,4-17H3,(H,71,76)(H,72,77)(H,73,75). The van der Waals surface area contributed by atoms with Crippen molar-refractivity contribution in [3.63, 3.8) is 0 Å². The van der Waals surface area contributed by atoms with E-state index in [9.17, 15) is 9.59 Å². The van der Waals surface area contributed by atoms with Crippen molar-refractivity contribution in [2.24, 2.45) is 131 Å². The van der Waals surface area contributed by atoms with Gasteiger partial charge < -0.3 is 21.7 Å². The van der Waals surface area contributed by atoms with Crippen LogP contribution in [0, 0.1) is 125 Å². The number of fused-ring (bicyclic) bond motifs is 14. The monoisotopic (exact) mass is 1060 g/mol. The molecule has 22 unspecified atom stereocenters. The normalized spacial score (nSPS) is 49.7. The van der Waals surface area contributed by atoms with E-state index in [-0.39, 0.29) is 70.1 Å². The van der Waals surface area contributed by atoms with E-state index in [2.05, 4.69) is 126 Å². The molecule has 8 heteroatoms. The topological polar surface area (TPSA) is 130 Å². The first-order chi connectivity index (χ1) is 35.8. The lowest BCUT2D eigenvalue weighted by atomic mass is 9.32. The molecule has 3 amide bonds. The van der Waals surface area contributed by atoms with Crippen LogP contribution in [0.3, 0.4) is 0 Å². The van der Waals surface area contributed by atoms with Gasteiger partial charge in [0.1, 0.15) is 12.1 Å². The Morgan fingerprint density at radius 3 is 1.27 bits per heavy atom. The average molecular weight is 1060 g/mol.